The summed E-state index contributed by atoms with van der Waals surface area (Å²) in [6.07, 6.45) is 6.89. The highest BCUT2D eigenvalue weighted by Crippen LogP contribution is 2.16. The van der Waals surface area contributed by atoms with E-state index in [9.17, 15) is 9.59 Å². The topological polar surface area (TPSA) is 75.9 Å². The predicted octanol–water partition coefficient (Wildman–Crippen LogP) is 2.08. The lowest BCUT2D eigenvalue weighted by atomic mass is 10.2. The molecule has 138 valence electrons. The van der Waals surface area contributed by atoms with Gasteiger partial charge in [0.05, 0.1) is 6.54 Å². The smallest absolute Gasteiger partial charge is 0.321 e. The van der Waals surface area contributed by atoms with Gasteiger partial charge in [0.25, 0.3) is 5.56 Å². The van der Waals surface area contributed by atoms with Crippen LogP contribution in [0.1, 0.15) is 58.2 Å². The summed E-state index contributed by atoms with van der Waals surface area (Å²) in [5.74, 6) is 0.890. The zero-order valence-electron chi connectivity index (χ0n) is 15.4. The SMILES string of the molecule is CCCCn1c(=O)[nH]c(=O)c2c1nc(CN1CCCCCC1)n2CC. The van der Waals surface area contributed by atoms with Crippen LogP contribution in [0.3, 0.4) is 0 Å². The van der Waals surface area contributed by atoms with Crippen molar-refractivity contribution in [2.24, 2.45) is 0 Å². The first-order chi connectivity index (χ1) is 12.2. The summed E-state index contributed by atoms with van der Waals surface area (Å²) < 4.78 is 3.60. The Morgan fingerprint density at radius 2 is 1.76 bits per heavy atom. The maximum Gasteiger partial charge on any atom is 0.330 e. The average molecular weight is 347 g/mol. The Balaban J connectivity index is 2.05. The molecule has 1 N–H and O–H groups in total. The van der Waals surface area contributed by atoms with Crippen LogP contribution in [0.2, 0.25) is 0 Å². The van der Waals surface area contributed by atoms with Crippen LogP contribution in [0.4, 0.5) is 0 Å². The minimum Gasteiger partial charge on any atom is -0.321 e. The summed E-state index contributed by atoms with van der Waals surface area (Å²) >= 11 is 0. The summed E-state index contributed by atoms with van der Waals surface area (Å²) in [5, 5.41) is 0. The first-order valence-electron chi connectivity index (χ1n) is 9.60. The highest BCUT2D eigenvalue weighted by Gasteiger charge is 2.19. The number of likely N-dealkylation sites (tertiary alicyclic amines) is 1. The number of aromatic amines is 1. The molecule has 25 heavy (non-hydrogen) atoms. The molecule has 0 aliphatic carbocycles. The summed E-state index contributed by atoms with van der Waals surface area (Å²) in [4.78, 5) is 34.3. The highest BCUT2D eigenvalue weighted by molar-refractivity contribution is 5.70. The third-order valence-electron chi connectivity index (χ3n) is 5.08. The molecule has 7 heteroatoms. The van der Waals surface area contributed by atoms with Crippen molar-refractivity contribution in [1.82, 2.24) is 24.0 Å². The lowest BCUT2D eigenvalue weighted by molar-refractivity contribution is 0.266. The van der Waals surface area contributed by atoms with E-state index in [0.717, 1.165) is 38.3 Å². The van der Waals surface area contributed by atoms with Gasteiger partial charge in [-0.1, -0.05) is 26.2 Å². The number of aryl methyl sites for hydroxylation is 2. The lowest BCUT2D eigenvalue weighted by Crippen LogP contribution is -2.31. The Hall–Kier alpha value is -1.89. The van der Waals surface area contributed by atoms with E-state index < -0.39 is 0 Å². The molecule has 0 atom stereocenters. The van der Waals surface area contributed by atoms with Gasteiger partial charge in [-0.25, -0.2) is 9.78 Å². The molecule has 1 aliphatic rings. The van der Waals surface area contributed by atoms with E-state index in [1.165, 1.54) is 25.7 Å². The predicted molar refractivity (Wildman–Crippen MR) is 98.9 cm³/mol. The van der Waals surface area contributed by atoms with Gasteiger partial charge >= 0.3 is 5.69 Å². The molecular weight excluding hydrogens is 318 g/mol. The van der Waals surface area contributed by atoms with Gasteiger partial charge in [0.2, 0.25) is 0 Å². The molecule has 7 nitrogen and oxygen atoms in total. The standard InChI is InChI=1S/C18H29N5O2/c1-3-5-12-23-16-15(17(24)20-18(23)25)22(4-2)14(19-16)13-21-10-8-6-7-9-11-21/h3-13H2,1-2H3,(H,20,24,25). The number of imidazole rings is 1. The lowest BCUT2D eigenvalue weighted by Gasteiger charge is -2.19. The number of hydrogen-bond donors (Lipinski definition) is 1. The molecule has 3 rings (SSSR count). The summed E-state index contributed by atoms with van der Waals surface area (Å²) in [7, 11) is 0. The molecule has 3 heterocycles. The van der Waals surface area contributed by atoms with Crippen molar-refractivity contribution in [2.75, 3.05) is 13.1 Å². The monoisotopic (exact) mass is 347 g/mol. The Labute approximate surface area is 147 Å². The second-order valence-electron chi connectivity index (χ2n) is 6.90. The zero-order chi connectivity index (χ0) is 17.8. The van der Waals surface area contributed by atoms with Crippen molar-refractivity contribution in [3.05, 3.63) is 26.7 Å². The largest absolute Gasteiger partial charge is 0.330 e. The van der Waals surface area contributed by atoms with Crippen LogP contribution in [-0.2, 0) is 19.6 Å². The van der Waals surface area contributed by atoms with Gasteiger partial charge < -0.3 is 4.57 Å². The van der Waals surface area contributed by atoms with Gasteiger partial charge in [0, 0.05) is 13.1 Å². The zero-order valence-corrected chi connectivity index (χ0v) is 15.4. The molecule has 0 radical (unpaired) electrons. The van der Waals surface area contributed by atoms with Crippen molar-refractivity contribution in [3.8, 4) is 0 Å². The van der Waals surface area contributed by atoms with Crippen molar-refractivity contribution >= 4 is 11.2 Å². The van der Waals surface area contributed by atoms with Crippen LogP contribution in [0.15, 0.2) is 9.59 Å². The number of rotatable bonds is 6. The summed E-state index contributed by atoms with van der Waals surface area (Å²) in [6.45, 7) is 8.26. The molecule has 0 saturated carbocycles. The van der Waals surface area contributed by atoms with E-state index >= 15 is 0 Å². The summed E-state index contributed by atoms with van der Waals surface area (Å²) in [6, 6.07) is 0. The third kappa shape index (κ3) is 3.71. The third-order valence-corrected chi connectivity index (χ3v) is 5.08. The van der Waals surface area contributed by atoms with Gasteiger partial charge in [-0.3, -0.25) is 19.2 Å². The van der Waals surface area contributed by atoms with Crippen molar-refractivity contribution in [2.45, 2.75) is 72.0 Å². The number of H-pyrrole nitrogens is 1. The van der Waals surface area contributed by atoms with Gasteiger partial charge in [0.1, 0.15) is 5.82 Å². The van der Waals surface area contributed by atoms with Gasteiger partial charge in [-0.15, -0.1) is 0 Å². The molecular formula is C18H29N5O2. The maximum atomic E-state index is 12.4. The molecule has 1 fully saturated rings. The Bertz CT molecular complexity index is 824. The van der Waals surface area contributed by atoms with E-state index in [1.807, 2.05) is 11.5 Å². The van der Waals surface area contributed by atoms with E-state index in [2.05, 4.69) is 16.8 Å². The summed E-state index contributed by atoms with van der Waals surface area (Å²) in [5.41, 5.74) is 0.383. The molecule has 0 bridgehead atoms. The number of nitrogens with one attached hydrogen (secondary N) is 1. The molecule has 1 aliphatic heterocycles. The number of nitrogens with zero attached hydrogens (tertiary/aromatic N) is 4. The first kappa shape index (κ1) is 17.9. The fourth-order valence-electron chi connectivity index (χ4n) is 3.70. The fraction of sp³-hybridized carbons (Fsp3) is 0.722. The number of aromatic nitrogens is 4. The van der Waals surface area contributed by atoms with Crippen LogP contribution >= 0.6 is 0 Å². The van der Waals surface area contributed by atoms with Crippen LogP contribution < -0.4 is 11.2 Å². The molecule has 2 aromatic heterocycles. The highest BCUT2D eigenvalue weighted by atomic mass is 16.2. The van der Waals surface area contributed by atoms with Crippen LogP contribution in [0.5, 0.6) is 0 Å². The van der Waals surface area contributed by atoms with E-state index in [-0.39, 0.29) is 11.2 Å². The number of hydrogen-bond acceptors (Lipinski definition) is 4. The normalized spacial score (nSPS) is 16.4. The molecule has 0 amide bonds. The second-order valence-corrected chi connectivity index (χ2v) is 6.90. The van der Waals surface area contributed by atoms with Crippen molar-refractivity contribution in [1.29, 1.82) is 0 Å². The molecule has 0 aromatic carbocycles. The number of unbranched alkanes of at least 4 members (excludes halogenated alkanes) is 1. The Morgan fingerprint density at radius 3 is 2.40 bits per heavy atom. The van der Waals surface area contributed by atoms with E-state index in [0.29, 0.717) is 24.3 Å². The van der Waals surface area contributed by atoms with Crippen molar-refractivity contribution in [3.63, 3.8) is 0 Å². The van der Waals surface area contributed by atoms with Gasteiger partial charge in [0.15, 0.2) is 11.2 Å². The molecule has 1 saturated heterocycles. The fourth-order valence-corrected chi connectivity index (χ4v) is 3.70. The molecule has 2 aromatic rings. The minimum atomic E-state index is -0.354. The van der Waals surface area contributed by atoms with Gasteiger partial charge in [-0.05, 0) is 39.3 Å². The minimum absolute atomic E-state index is 0.329. The maximum absolute atomic E-state index is 12.4. The van der Waals surface area contributed by atoms with Crippen LogP contribution in [0.25, 0.3) is 11.2 Å². The van der Waals surface area contributed by atoms with Crippen LogP contribution in [0, 0.1) is 0 Å². The number of fused-ring (bicyclic) bond motifs is 1. The second kappa shape index (κ2) is 7.99. The van der Waals surface area contributed by atoms with Gasteiger partial charge in [-0.2, -0.15) is 0 Å². The molecule has 0 unspecified atom stereocenters. The van der Waals surface area contributed by atoms with Crippen LogP contribution in [-0.4, -0.2) is 37.1 Å². The quantitative estimate of drug-likeness (QED) is 0.868. The van der Waals surface area contributed by atoms with Crippen molar-refractivity contribution < 1.29 is 0 Å². The first-order valence-corrected chi connectivity index (χ1v) is 9.60. The average Bonchev–Trinajstić information content (AvgIpc) is 2.76. The Morgan fingerprint density at radius 1 is 1.04 bits per heavy atom. The van der Waals surface area contributed by atoms with E-state index in [1.54, 1.807) is 4.57 Å². The van der Waals surface area contributed by atoms with E-state index in [4.69, 9.17) is 4.98 Å². The Kier molecular flexibility index (Phi) is 5.73. The molecule has 0 spiro atoms.